The molecule has 0 aromatic carbocycles. The molecule has 5 nitrogen and oxygen atoms in total. The third kappa shape index (κ3) is 2.91. The van der Waals surface area contributed by atoms with Gasteiger partial charge in [0, 0.05) is 24.2 Å². The Kier molecular flexibility index (Phi) is 4.86. The zero-order valence-corrected chi connectivity index (χ0v) is 13.1. The van der Waals surface area contributed by atoms with Gasteiger partial charge in [-0.05, 0) is 25.3 Å². The number of aliphatic imine (C=N–C) groups is 1. The number of rotatable bonds is 2. The lowest BCUT2D eigenvalue weighted by molar-refractivity contribution is -0.459. The van der Waals surface area contributed by atoms with Gasteiger partial charge in [0.15, 0.2) is 11.9 Å². The van der Waals surface area contributed by atoms with E-state index in [-0.39, 0.29) is 42.8 Å². The SMILES string of the molecule is Cl.Cl.O=C(N[C@@H]1CC2CCC1N2)C1=C[N+]2=CC=CC2C=N1. The van der Waals surface area contributed by atoms with Crippen molar-refractivity contribution in [3.8, 4) is 0 Å². The Labute approximate surface area is 136 Å². The number of hydrogen-bond donors (Lipinski definition) is 2. The van der Waals surface area contributed by atoms with Crippen LogP contribution in [0, 0.1) is 0 Å². The molecule has 2 fully saturated rings. The highest BCUT2D eigenvalue weighted by Gasteiger charge is 2.40. The molecule has 2 bridgehead atoms. The fraction of sp³-hybridized carbons (Fsp3) is 0.500. The largest absolute Gasteiger partial charge is 0.346 e. The summed E-state index contributed by atoms with van der Waals surface area (Å²) in [4.78, 5) is 16.5. The summed E-state index contributed by atoms with van der Waals surface area (Å²) >= 11 is 0. The minimum atomic E-state index is -0.0608. The summed E-state index contributed by atoms with van der Waals surface area (Å²) in [6.07, 6.45) is 13.1. The molecule has 4 atom stereocenters. The molecule has 4 aliphatic rings. The molecule has 3 unspecified atom stereocenters. The van der Waals surface area contributed by atoms with Crippen molar-refractivity contribution >= 4 is 43.2 Å². The maximum atomic E-state index is 12.2. The quantitative estimate of drug-likeness (QED) is 0.736. The molecule has 2 saturated heterocycles. The van der Waals surface area contributed by atoms with E-state index < -0.39 is 0 Å². The van der Waals surface area contributed by atoms with Crippen LogP contribution in [0.5, 0.6) is 0 Å². The first kappa shape index (κ1) is 16.2. The summed E-state index contributed by atoms with van der Waals surface area (Å²) < 4.78 is 2.00. The minimum Gasteiger partial charge on any atom is -0.346 e. The van der Waals surface area contributed by atoms with Crippen LogP contribution in [-0.4, -0.2) is 47.1 Å². The average Bonchev–Trinajstić information content (AvgIpc) is 3.13. The van der Waals surface area contributed by atoms with Crippen molar-refractivity contribution in [3.05, 3.63) is 24.0 Å². The number of amides is 1. The third-order valence-corrected chi connectivity index (χ3v) is 4.40. The Morgan fingerprint density at radius 2 is 2.24 bits per heavy atom. The molecule has 0 radical (unpaired) electrons. The Balaban J connectivity index is 0.000000807. The second-order valence-corrected chi connectivity index (χ2v) is 5.63. The van der Waals surface area contributed by atoms with E-state index in [0.29, 0.717) is 17.8 Å². The number of fused-ring (bicyclic) bond motifs is 3. The van der Waals surface area contributed by atoms with E-state index >= 15 is 0 Å². The van der Waals surface area contributed by atoms with Crippen LogP contribution < -0.4 is 10.6 Å². The Bertz CT molecular complexity index is 555. The molecule has 0 spiro atoms. The van der Waals surface area contributed by atoms with Crippen LogP contribution in [0.25, 0.3) is 0 Å². The van der Waals surface area contributed by atoms with Crippen molar-refractivity contribution in [1.82, 2.24) is 10.6 Å². The molecule has 0 aromatic heterocycles. The van der Waals surface area contributed by atoms with Crippen molar-refractivity contribution < 1.29 is 9.37 Å². The molecule has 0 aliphatic carbocycles. The number of nitrogens with one attached hydrogen (secondary N) is 2. The van der Waals surface area contributed by atoms with Crippen LogP contribution in [0.3, 0.4) is 0 Å². The van der Waals surface area contributed by atoms with Gasteiger partial charge in [-0.2, -0.15) is 4.58 Å². The summed E-state index contributed by atoms with van der Waals surface area (Å²) in [5.41, 5.74) is 0.499. The van der Waals surface area contributed by atoms with E-state index in [1.807, 2.05) is 29.3 Å². The molecule has 2 N–H and O–H groups in total. The minimum absolute atomic E-state index is 0. The number of hydrogen-bond acceptors (Lipinski definition) is 3. The summed E-state index contributed by atoms with van der Waals surface area (Å²) in [5.74, 6) is -0.0608. The maximum Gasteiger partial charge on any atom is 0.276 e. The van der Waals surface area contributed by atoms with Crippen molar-refractivity contribution in [2.24, 2.45) is 4.99 Å². The number of carbonyl (C=O) groups is 1. The lowest BCUT2D eigenvalue weighted by Crippen LogP contribution is -2.43. The van der Waals surface area contributed by atoms with Crippen molar-refractivity contribution in [2.75, 3.05) is 0 Å². The molecule has 7 heteroatoms. The topological polar surface area (TPSA) is 56.5 Å². The summed E-state index contributed by atoms with van der Waals surface area (Å²) in [7, 11) is 0. The Morgan fingerprint density at radius 3 is 2.95 bits per heavy atom. The van der Waals surface area contributed by atoms with Gasteiger partial charge >= 0.3 is 0 Å². The first-order chi connectivity index (χ1) is 9.29. The predicted molar refractivity (Wildman–Crippen MR) is 86.8 cm³/mol. The zero-order valence-electron chi connectivity index (χ0n) is 11.4. The Morgan fingerprint density at radius 1 is 1.38 bits per heavy atom. The molecule has 4 heterocycles. The van der Waals surface area contributed by atoms with Crippen LogP contribution >= 0.6 is 24.8 Å². The van der Waals surface area contributed by atoms with E-state index in [9.17, 15) is 4.79 Å². The summed E-state index contributed by atoms with van der Waals surface area (Å²) in [6, 6.07) is 1.50. The van der Waals surface area contributed by atoms with E-state index in [0.717, 1.165) is 6.42 Å². The maximum absolute atomic E-state index is 12.2. The third-order valence-electron chi connectivity index (χ3n) is 4.40. The molecule has 114 valence electrons. The fourth-order valence-electron chi connectivity index (χ4n) is 3.39. The van der Waals surface area contributed by atoms with E-state index in [1.165, 1.54) is 12.8 Å². The molecule has 4 aliphatic heterocycles. The molecule has 21 heavy (non-hydrogen) atoms. The first-order valence-electron chi connectivity index (χ1n) is 6.91. The second kappa shape index (κ2) is 6.30. The highest BCUT2D eigenvalue weighted by atomic mass is 35.5. The average molecular weight is 330 g/mol. The van der Waals surface area contributed by atoms with Crippen LogP contribution in [0.4, 0.5) is 0 Å². The number of allylic oxidation sites excluding steroid dienone is 1. The highest BCUT2D eigenvalue weighted by molar-refractivity contribution is 5.95. The normalized spacial score (nSPS) is 34.5. The number of halogens is 2. The molecule has 0 aromatic rings. The number of nitrogens with zero attached hydrogens (tertiary/aromatic N) is 2. The molecule has 4 rings (SSSR count). The molecule has 1 amide bonds. The van der Waals surface area contributed by atoms with Gasteiger partial charge in [0.2, 0.25) is 12.2 Å². The van der Waals surface area contributed by atoms with Gasteiger partial charge in [0.05, 0.1) is 6.21 Å². The number of carbonyl (C=O) groups excluding carboxylic acids is 1. The van der Waals surface area contributed by atoms with E-state index in [1.54, 1.807) is 0 Å². The molecular formula is C14H19Cl2N4O+. The first-order valence-corrected chi connectivity index (χ1v) is 6.91. The smallest absolute Gasteiger partial charge is 0.276 e. The van der Waals surface area contributed by atoms with Gasteiger partial charge in [-0.1, -0.05) is 0 Å². The zero-order chi connectivity index (χ0) is 12.8. The van der Waals surface area contributed by atoms with E-state index in [2.05, 4.69) is 21.7 Å². The monoisotopic (exact) mass is 329 g/mol. The molecular weight excluding hydrogens is 311 g/mol. The molecule has 0 saturated carbocycles. The lowest BCUT2D eigenvalue weighted by atomic mass is 9.95. The lowest BCUT2D eigenvalue weighted by Gasteiger charge is -2.21. The van der Waals surface area contributed by atoms with Gasteiger partial charge in [-0.15, -0.1) is 24.8 Å². The summed E-state index contributed by atoms with van der Waals surface area (Å²) in [6.45, 7) is 0. The summed E-state index contributed by atoms with van der Waals surface area (Å²) in [5, 5.41) is 6.64. The van der Waals surface area contributed by atoms with Crippen LogP contribution in [0.1, 0.15) is 19.3 Å². The van der Waals surface area contributed by atoms with Crippen LogP contribution in [0.15, 0.2) is 29.0 Å². The Hall–Kier alpha value is -1.17. The fourth-order valence-corrected chi connectivity index (χ4v) is 3.39. The van der Waals surface area contributed by atoms with Crippen molar-refractivity contribution in [3.63, 3.8) is 0 Å². The highest BCUT2D eigenvalue weighted by Crippen LogP contribution is 2.28. The van der Waals surface area contributed by atoms with Gasteiger partial charge in [-0.3, -0.25) is 4.79 Å². The van der Waals surface area contributed by atoms with E-state index in [4.69, 9.17) is 0 Å². The van der Waals surface area contributed by atoms with Gasteiger partial charge < -0.3 is 10.6 Å². The van der Waals surface area contributed by atoms with Crippen LogP contribution in [0.2, 0.25) is 0 Å². The second-order valence-electron chi connectivity index (χ2n) is 5.63. The van der Waals surface area contributed by atoms with Gasteiger partial charge in [0.25, 0.3) is 5.91 Å². The van der Waals surface area contributed by atoms with Crippen molar-refractivity contribution in [1.29, 1.82) is 0 Å². The van der Waals surface area contributed by atoms with Crippen molar-refractivity contribution in [2.45, 2.75) is 43.4 Å². The van der Waals surface area contributed by atoms with Gasteiger partial charge in [-0.25, -0.2) is 4.99 Å². The predicted octanol–water partition coefficient (Wildman–Crippen LogP) is 0.787. The standard InChI is InChI=1S/C14H16N4O.2ClH/c19-14(17-12-6-9-3-4-11(12)16-9)13-8-18-5-1-2-10(18)7-15-13;;/h1-2,5,7-12,16H,3-4,6H2;2*1H/p+1/t9?,10?,11?,12-;;/m1../s1. The van der Waals surface area contributed by atoms with Crippen LogP contribution in [-0.2, 0) is 4.79 Å². The van der Waals surface area contributed by atoms with Gasteiger partial charge in [0.1, 0.15) is 0 Å².